The molecule has 0 saturated carbocycles. The van der Waals surface area contributed by atoms with Crippen molar-refractivity contribution >= 4 is 38.2 Å². The van der Waals surface area contributed by atoms with Gasteiger partial charge in [0.2, 0.25) is 0 Å². The van der Waals surface area contributed by atoms with Gasteiger partial charge in [0.25, 0.3) is 0 Å². The molecule has 1 aromatic carbocycles. The molecule has 98 valence electrons. The Morgan fingerprint density at radius 2 is 2.21 bits per heavy atom. The molecule has 0 fully saturated rings. The number of thiophene rings is 1. The minimum atomic E-state index is -0.0131. The maximum atomic E-state index is 6.28. The number of para-hydroxylation sites is 1. The van der Waals surface area contributed by atoms with Crippen molar-refractivity contribution in [1.82, 2.24) is 9.78 Å². The number of nitrogens with two attached hydrogens (primary N) is 1. The molecule has 5 heteroatoms. The van der Waals surface area contributed by atoms with E-state index >= 15 is 0 Å². The van der Waals surface area contributed by atoms with Crippen molar-refractivity contribution in [2.75, 3.05) is 0 Å². The molecular formula is C14H14BrN3S. The monoisotopic (exact) mass is 335 g/mol. The third kappa shape index (κ3) is 2.45. The second-order valence-corrected chi connectivity index (χ2v) is 6.87. The van der Waals surface area contributed by atoms with Crippen LogP contribution < -0.4 is 5.73 Å². The zero-order valence-corrected chi connectivity index (χ0v) is 12.9. The number of fused-ring (bicyclic) bond motifs is 1. The number of nitrogens with zero attached hydrogens (tertiary/aromatic N) is 2. The van der Waals surface area contributed by atoms with E-state index in [1.165, 1.54) is 5.39 Å². The number of benzene rings is 1. The lowest BCUT2D eigenvalue weighted by atomic mass is 10.0. The number of hydrogen-bond donors (Lipinski definition) is 1. The summed E-state index contributed by atoms with van der Waals surface area (Å²) in [5, 5.41) is 7.88. The molecule has 0 spiro atoms. The molecular weight excluding hydrogens is 322 g/mol. The molecule has 2 aromatic heterocycles. The fraction of sp³-hybridized carbons (Fsp3) is 0.214. The van der Waals surface area contributed by atoms with Crippen LogP contribution in [0, 0.1) is 0 Å². The van der Waals surface area contributed by atoms with E-state index in [2.05, 4.69) is 44.6 Å². The molecule has 0 amide bonds. The van der Waals surface area contributed by atoms with Crippen LogP contribution in [0.15, 0.2) is 39.5 Å². The van der Waals surface area contributed by atoms with Crippen molar-refractivity contribution < 1.29 is 0 Å². The third-order valence-electron chi connectivity index (χ3n) is 3.26. The average Bonchev–Trinajstić information content (AvgIpc) is 2.96. The maximum absolute atomic E-state index is 6.28. The zero-order valence-electron chi connectivity index (χ0n) is 10.5. The lowest BCUT2D eigenvalue weighted by Gasteiger charge is -2.07. The quantitative estimate of drug-likeness (QED) is 0.794. The Morgan fingerprint density at radius 1 is 1.42 bits per heavy atom. The molecule has 1 atom stereocenters. The molecule has 0 aliphatic carbocycles. The topological polar surface area (TPSA) is 43.8 Å². The van der Waals surface area contributed by atoms with Crippen molar-refractivity contribution in [3.05, 3.63) is 50.8 Å². The Balaban J connectivity index is 1.93. The first-order valence-corrected chi connectivity index (χ1v) is 7.72. The molecule has 0 radical (unpaired) electrons. The fourth-order valence-corrected chi connectivity index (χ4v) is 3.52. The van der Waals surface area contributed by atoms with Gasteiger partial charge in [0.15, 0.2) is 0 Å². The summed E-state index contributed by atoms with van der Waals surface area (Å²) in [7, 11) is 1.97. The van der Waals surface area contributed by atoms with Crippen LogP contribution in [-0.2, 0) is 13.5 Å². The number of rotatable bonds is 3. The van der Waals surface area contributed by atoms with E-state index in [1.807, 2.05) is 23.9 Å². The zero-order chi connectivity index (χ0) is 13.4. The highest BCUT2D eigenvalue weighted by atomic mass is 79.9. The summed E-state index contributed by atoms with van der Waals surface area (Å²) in [5.74, 6) is 0. The maximum Gasteiger partial charge on any atom is 0.0722 e. The minimum Gasteiger partial charge on any atom is -0.324 e. The van der Waals surface area contributed by atoms with Gasteiger partial charge < -0.3 is 5.73 Å². The highest BCUT2D eigenvalue weighted by Crippen LogP contribution is 2.27. The van der Waals surface area contributed by atoms with E-state index in [0.29, 0.717) is 0 Å². The van der Waals surface area contributed by atoms with Crippen molar-refractivity contribution in [3.63, 3.8) is 0 Å². The average molecular weight is 336 g/mol. The van der Waals surface area contributed by atoms with Gasteiger partial charge in [0, 0.05) is 24.9 Å². The molecule has 3 rings (SSSR count). The van der Waals surface area contributed by atoms with Crippen molar-refractivity contribution in [3.8, 4) is 0 Å². The number of hydrogen-bond acceptors (Lipinski definition) is 3. The molecule has 0 aliphatic heterocycles. The molecule has 1 unspecified atom stereocenters. The van der Waals surface area contributed by atoms with Gasteiger partial charge >= 0.3 is 0 Å². The highest BCUT2D eigenvalue weighted by Gasteiger charge is 2.14. The molecule has 2 N–H and O–H groups in total. The normalized spacial score (nSPS) is 13.0. The lowest BCUT2D eigenvalue weighted by Crippen LogP contribution is -2.13. The predicted octanol–water partition coefficient (Wildman–Crippen LogP) is 3.64. The Hall–Kier alpha value is -1.17. The molecule has 2 heterocycles. The van der Waals surface area contributed by atoms with Gasteiger partial charge in [-0.1, -0.05) is 18.2 Å². The van der Waals surface area contributed by atoms with E-state index in [0.717, 1.165) is 27.0 Å². The Labute approximate surface area is 124 Å². The predicted molar refractivity (Wildman–Crippen MR) is 83.4 cm³/mol. The van der Waals surface area contributed by atoms with Crippen molar-refractivity contribution in [2.45, 2.75) is 12.5 Å². The second kappa shape index (κ2) is 5.07. The summed E-state index contributed by atoms with van der Waals surface area (Å²) in [6.07, 6.45) is 0.754. The Bertz CT molecular complexity index is 716. The summed E-state index contributed by atoms with van der Waals surface area (Å²) < 4.78 is 3.03. The first-order chi connectivity index (χ1) is 9.15. The summed E-state index contributed by atoms with van der Waals surface area (Å²) in [4.78, 5) is 0. The van der Waals surface area contributed by atoms with Gasteiger partial charge in [0.1, 0.15) is 0 Å². The number of aromatic nitrogens is 2. The van der Waals surface area contributed by atoms with Gasteiger partial charge in [-0.3, -0.25) is 4.68 Å². The minimum absolute atomic E-state index is 0.0131. The Morgan fingerprint density at radius 3 is 2.95 bits per heavy atom. The Kier molecular flexibility index (Phi) is 3.43. The van der Waals surface area contributed by atoms with E-state index in [4.69, 9.17) is 5.73 Å². The number of aryl methyl sites for hydroxylation is 1. The summed E-state index contributed by atoms with van der Waals surface area (Å²) >= 11 is 5.14. The van der Waals surface area contributed by atoms with Crippen LogP contribution in [0.2, 0.25) is 0 Å². The van der Waals surface area contributed by atoms with Gasteiger partial charge in [-0.2, -0.15) is 5.10 Å². The van der Waals surface area contributed by atoms with E-state index in [9.17, 15) is 0 Å². The molecule has 3 aromatic rings. The van der Waals surface area contributed by atoms with Crippen LogP contribution >= 0.6 is 27.3 Å². The van der Waals surface area contributed by atoms with E-state index < -0.39 is 0 Å². The molecule has 0 saturated heterocycles. The fourth-order valence-electron chi connectivity index (χ4n) is 2.28. The largest absolute Gasteiger partial charge is 0.324 e. The van der Waals surface area contributed by atoms with Crippen LogP contribution in [-0.4, -0.2) is 9.78 Å². The lowest BCUT2D eigenvalue weighted by molar-refractivity contribution is 0.684. The first kappa shape index (κ1) is 12.8. The summed E-state index contributed by atoms with van der Waals surface area (Å²) in [5.41, 5.74) is 9.65. The smallest absolute Gasteiger partial charge is 0.0722 e. The van der Waals surface area contributed by atoms with E-state index in [-0.39, 0.29) is 6.04 Å². The van der Waals surface area contributed by atoms with E-state index in [1.54, 1.807) is 11.3 Å². The SMILES string of the molecule is Cn1nc(CC(N)c2csc(Br)c2)c2ccccc21. The number of halogens is 1. The van der Waals surface area contributed by atoms with Crippen molar-refractivity contribution in [2.24, 2.45) is 12.8 Å². The van der Waals surface area contributed by atoms with Crippen LogP contribution in [0.3, 0.4) is 0 Å². The van der Waals surface area contributed by atoms with Crippen LogP contribution in [0.5, 0.6) is 0 Å². The molecule has 0 bridgehead atoms. The van der Waals surface area contributed by atoms with Crippen molar-refractivity contribution in [1.29, 1.82) is 0 Å². The summed E-state index contributed by atoms with van der Waals surface area (Å²) in [6, 6.07) is 10.3. The molecule has 19 heavy (non-hydrogen) atoms. The standard InChI is InChI=1S/C14H14BrN3S/c1-18-13-5-3-2-4-10(13)12(17-18)7-11(16)9-6-14(15)19-8-9/h2-6,8,11H,7,16H2,1H3. The van der Waals surface area contributed by atoms with Gasteiger partial charge in [0.05, 0.1) is 15.0 Å². The highest BCUT2D eigenvalue weighted by molar-refractivity contribution is 9.11. The third-order valence-corrected chi connectivity index (χ3v) is 4.79. The van der Waals surface area contributed by atoms with Gasteiger partial charge in [-0.15, -0.1) is 11.3 Å². The van der Waals surface area contributed by atoms with Gasteiger partial charge in [-0.25, -0.2) is 0 Å². The van der Waals surface area contributed by atoms with Crippen LogP contribution in [0.1, 0.15) is 17.3 Å². The summed E-state index contributed by atoms with van der Waals surface area (Å²) in [6.45, 7) is 0. The second-order valence-electron chi connectivity index (χ2n) is 4.58. The van der Waals surface area contributed by atoms with Crippen LogP contribution in [0.4, 0.5) is 0 Å². The molecule has 3 nitrogen and oxygen atoms in total. The molecule has 0 aliphatic rings. The van der Waals surface area contributed by atoms with Gasteiger partial charge in [-0.05, 0) is 39.0 Å². The first-order valence-electron chi connectivity index (χ1n) is 6.05. The van der Waals surface area contributed by atoms with Crippen LogP contribution in [0.25, 0.3) is 10.9 Å².